The molecule has 1 saturated heterocycles. The molecule has 1 amide bonds. The number of aromatic nitrogens is 2. The Kier molecular flexibility index (Phi) is 5.95. The third-order valence-corrected chi connectivity index (χ3v) is 8.28. The number of para-hydroxylation sites is 1. The third-order valence-electron chi connectivity index (χ3n) is 6.38. The largest absolute Gasteiger partial charge is 0.340 e. The quantitative estimate of drug-likeness (QED) is 0.536. The Labute approximate surface area is 196 Å². The molecule has 0 radical (unpaired) electrons. The lowest BCUT2D eigenvalue weighted by atomic mass is 10.2. The van der Waals surface area contributed by atoms with Crippen LogP contribution in [0.1, 0.15) is 31.1 Å². The lowest BCUT2D eigenvalue weighted by molar-refractivity contribution is -0.132. The summed E-state index contributed by atoms with van der Waals surface area (Å²) in [5.74, 6) is -0.0960. The highest BCUT2D eigenvalue weighted by Gasteiger charge is 2.31. The van der Waals surface area contributed by atoms with Crippen molar-refractivity contribution >= 4 is 26.8 Å². The molecule has 34 heavy (non-hydrogen) atoms. The molecule has 0 N–H and O–H groups in total. The predicted molar refractivity (Wildman–Crippen MR) is 124 cm³/mol. The monoisotopic (exact) mass is 484 g/mol. The summed E-state index contributed by atoms with van der Waals surface area (Å²) in [5.41, 5.74) is 0.565. The van der Waals surface area contributed by atoms with Crippen molar-refractivity contribution < 1.29 is 17.6 Å². The molecule has 2 aromatic carbocycles. The van der Waals surface area contributed by atoms with Gasteiger partial charge in [0.05, 0.1) is 15.8 Å². The number of rotatable bonds is 6. The summed E-state index contributed by atoms with van der Waals surface area (Å²) in [6.45, 7) is 0.805. The minimum absolute atomic E-state index is 0.0632. The predicted octanol–water partition coefficient (Wildman–Crippen LogP) is 2.34. The van der Waals surface area contributed by atoms with Crippen LogP contribution in [0, 0.1) is 5.82 Å². The Hall–Kier alpha value is -3.11. The molecule has 1 aliphatic heterocycles. The number of nitrogens with zero attached hydrogens (tertiary/aromatic N) is 4. The van der Waals surface area contributed by atoms with Gasteiger partial charge in [0.15, 0.2) is 0 Å². The molecule has 0 bridgehead atoms. The molecular formula is C24H25FN4O4S. The average Bonchev–Trinajstić information content (AvgIpc) is 3.68. The standard InChI is InChI=1S/C24H25FN4O4S/c25-17-4-3-5-19(16-17)34(32,33)28-14-12-27(13-15-28)23(30)11-10-22-26-21-7-2-1-6-20(21)24(31)29(22)18-8-9-18/h1-7,16,18H,8-15H2. The minimum Gasteiger partial charge on any atom is -0.340 e. The molecule has 178 valence electrons. The summed E-state index contributed by atoms with van der Waals surface area (Å²) in [5, 5.41) is 0.583. The summed E-state index contributed by atoms with van der Waals surface area (Å²) in [6.07, 6.45) is 2.40. The van der Waals surface area contributed by atoms with E-state index in [-0.39, 0.29) is 55.0 Å². The fourth-order valence-electron chi connectivity index (χ4n) is 4.41. The van der Waals surface area contributed by atoms with E-state index in [9.17, 15) is 22.4 Å². The second-order valence-electron chi connectivity index (χ2n) is 8.69. The lowest BCUT2D eigenvalue weighted by Crippen LogP contribution is -2.50. The number of hydrogen-bond acceptors (Lipinski definition) is 5. The van der Waals surface area contributed by atoms with Gasteiger partial charge in [-0.25, -0.2) is 17.8 Å². The Morgan fingerprint density at radius 3 is 2.47 bits per heavy atom. The van der Waals surface area contributed by atoms with E-state index in [0.29, 0.717) is 23.1 Å². The van der Waals surface area contributed by atoms with Crippen LogP contribution in [-0.4, -0.2) is 59.3 Å². The molecule has 8 nitrogen and oxygen atoms in total. The van der Waals surface area contributed by atoms with Crippen LogP contribution in [0.4, 0.5) is 4.39 Å². The molecule has 5 rings (SSSR count). The number of carbonyl (C=O) groups is 1. The molecule has 10 heteroatoms. The number of benzene rings is 2. The number of fused-ring (bicyclic) bond motifs is 1. The van der Waals surface area contributed by atoms with Gasteiger partial charge in [-0.2, -0.15) is 4.31 Å². The van der Waals surface area contributed by atoms with E-state index in [1.165, 1.54) is 22.5 Å². The van der Waals surface area contributed by atoms with Crippen molar-refractivity contribution in [2.24, 2.45) is 0 Å². The number of hydrogen-bond donors (Lipinski definition) is 0. The molecule has 3 aromatic rings. The van der Waals surface area contributed by atoms with Crippen LogP contribution in [0.25, 0.3) is 10.9 Å². The molecule has 0 atom stereocenters. The first-order valence-corrected chi connectivity index (χ1v) is 12.8. The Morgan fingerprint density at radius 2 is 1.76 bits per heavy atom. The molecule has 1 aliphatic carbocycles. The zero-order valence-corrected chi connectivity index (χ0v) is 19.4. The molecule has 0 spiro atoms. The van der Waals surface area contributed by atoms with Crippen molar-refractivity contribution in [3.63, 3.8) is 0 Å². The van der Waals surface area contributed by atoms with Gasteiger partial charge in [0.1, 0.15) is 11.6 Å². The van der Waals surface area contributed by atoms with Crippen LogP contribution >= 0.6 is 0 Å². The molecular weight excluding hydrogens is 459 g/mol. The Morgan fingerprint density at radius 1 is 1.03 bits per heavy atom. The molecule has 2 heterocycles. The maximum Gasteiger partial charge on any atom is 0.261 e. The second kappa shape index (κ2) is 8.92. The van der Waals surface area contributed by atoms with Gasteiger partial charge < -0.3 is 4.90 Å². The molecule has 1 aromatic heterocycles. The van der Waals surface area contributed by atoms with E-state index < -0.39 is 15.8 Å². The number of halogens is 1. The van der Waals surface area contributed by atoms with Gasteiger partial charge in [-0.1, -0.05) is 18.2 Å². The van der Waals surface area contributed by atoms with Crippen molar-refractivity contribution in [1.82, 2.24) is 18.8 Å². The zero-order chi connectivity index (χ0) is 23.9. The summed E-state index contributed by atoms with van der Waals surface area (Å²) >= 11 is 0. The van der Waals surface area contributed by atoms with E-state index in [1.807, 2.05) is 12.1 Å². The first kappa shape index (κ1) is 22.7. The van der Waals surface area contributed by atoms with E-state index in [4.69, 9.17) is 0 Å². The van der Waals surface area contributed by atoms with Crippen LogP contribution < -0.4 is 5.56 Å². The smallest absolute Gasteiger partial charge is 0.261 e. The fourth-order valence-corrected chi connectivity index (χ4v) is 5.86. The first-order chi connectivity index (χ1) is 16.3. The number of aryl methyl sites for hydroxylation is 1. The van der Waals surface area contributed by atoms with E-state index in [0.717, 1.165) is 18.9 Å². The van der Waals surface area contributed by atoms with Crippen LogP contribution in [0.15, 0.2) is 58.2 Å². The highest BCUT2D eigenvalue weighted by atomic mass is 32.2. The zero-order valence-electron chi connectivity index (χ0n) is 18.6. The van der Waals surface area contributed by atoms with Crippen molar-refractivity contribution in [3.8, 4) is 0 Å². The van der Waals surface area contributed by atoms with Crippen molar-refractivity contribution in [1.29, 1.82) is 0 Å². The normalized spacial score (nSPS) is 17.3. The number of sulfonamides is 1. The SMILES string of the molecule is O=C(CCc1nc2ccccc2c(=O)n1C1CC1)N1CCN(S(=O)(=O)c2cccc(F)c2)CC1. The van der Waals surface area contributed by atoms with Gasteiger partial charge in [-0.15, -0.1) is 0 Å². The number of carbonyl (C=O) groups excluding carboxylic acids is 1. The minimum atomic E-state index is -3.82. The third kappa shape index (κ3) is 4.35. The van der Waals surface area contributed by atoms with Crippen molar-refractivity contribution in [2.75, 3.05) is 26.2 Å². The fraction of sp³-hybridized carbons (Fsp3) is 0.375. The topological polar surface area (TPSA) is 92.6 Å². The van der Waals surface area contributed by atoms with Gasteiger partial charge in [0.2, 0.25) is 15.9 Å². The van der Waals surface area contributed by atoms with E-state index in [1.54, 1.807) is 21.6 Å². The molecule has 0 unspecified atom stereocenters. The highest BCUT2D eigenvalue weighted by molar-refractivity contribution is 7.89. The highest BCUT2D eigenvalue weighted by Crippen LogP contribution is 2.35. The summed E-state index contributed by atoms with van der Waals surface area (Å²) < 4.78 is 42.1. The number of piperazine rings is 1. The van der Waals surface area contributed by atoms with Gasteiger partial charge >= 0.3 is 0 Å². The van der Waals surface area contributed by atoms with Crippen molar-refractivity contribution in [3.05, 3.63) is 70.5 Å². The van der Waals surface area contributed by atoms with Gasteiger partial charge in [0.25, 0.3) is 5.56 Å². The molecule has 1 saturated carbocycles. The molecule has 2 fully saturated rings. The van der Waals surface area contributed by atoms with Gasteiger partial charge in [-0.3, -0.25) is 14.2 Å². The number of amides is 1. The maximum atomic E-state index is 13.5. The second-order valence-corrected chi connectivity index (χ2v) is 10.6. The van der Waals surface area contributed by atoms with Crippen LogP contribution in [-0.2, 0) is 21.2 Å². The average molecular weight is 485 g/mol. The Bertz CT molecular complexity index is 1410. The van der Waals surface area contributed by atoms with Crippen LogP contribution in [0.3, 0.4) is 0 Å². The summed E-state index contributed by atoms with van der Waals surface area (Å²) in [6, 6.07) is 12.3. The van der Waals surface area contributed by atoms with Gasteiger partial charge in [-0.05, 0) is 43.2 Å². The van der Waals surface area contributed by atoms with Crippen LogP contribution in [0.5, 0.6) is 0 Å². The maximum absolute atomic E-state index is 13.5. The van der Waals surface area contributed by atoms with E-state index in [2.05, 4.69) is 4.98 Å². The molecule has 2 aliphatic rings. The van der Waals surface area contributed by atoms with Gasteiger partial charge in [0, 0.05) is 45.1 Å². The lowest BCUT2D eigenvalue weighted by Gasteiger charge is -2.34. The summed E-state index contributed by atoms with van der Waals surface area (Å²) in [4.78, 5) is 32.1. The first-order valence-electron chi connectivity index (χ1n) is 11.4. The Balaban J connectivity index is 1.25. The van der Waals surface area contributed by atoms with E-state index >= 15 is 0 Å². The van der Waals surface area contributed by atoms with Crippen LogP contribution in [0.2, 0.25) is 0 Å². The summed E-state index contributed by atoms with van der Waals surface area (Å²) in [7, 11) is -3.82. The van der Waals surface area contributed by atoms with Crippen molar-refractivity contribution in [2.45, 2.75) is 36.6 Å².